The van der Waals surface area contributed by atoms with Gasteiger partial charge in [-0.25, -0.2) is 9.67 Å². The molecule has 1 atom stereocenters. The van der Waals surface area contributed by atoms with Crippen LogP contribution in [0.2, 0.25) is 5.02 Å². The number of rotatable bonds is 7. The summed E-state index contributed by atoms with van der Waals surface area (Å²) in [4.78, 5) is 34.1. The fourth-order valence-electron chi connectivity index (χ4n) is 4.36. The monoisotopic (exact) mass is 505 g/mol. The lowest BCUT2D eigenvalue weighted by molar-refractivity contribution is -0.167. The molecule has 2 aliphatic rings. The topological polar surface area (TPSA) is 99.0 Å². The third-order valence-electron chi connectivity index (χ3n) is 6.32. The maximum absolute atomic E-state index is 13.2. The van der Waals surface area contributed by atoms with Crippen molar-refractivity contribution in [1.82, 2.24) is 24.6 Å². The highest BCUT2D eigenvalue weighted by atomic mass is 35.5. The molecule has 2 saturated heterocycles. The van der Waals surface area contributed by atoms with E-state index in [1.165, 1.54) is 0 Å². The Morgan fingerprint density at radius 3 is 2.51 bits per heavy atom. The van der Waals surface area contributed by atoms with Crippen LogP contribution >= 0.6 is 11.6 Å². The average molecular weight is 506 g/mol. The molecule has 0 saturated carbocycles. The van der Waals surface area contributed by atoms with Gasteiger partial charge in [0.25, 0.3) is 0 Å². The number of halogens is 1. The second kappa shape index (κ2) is 10.9. The molecular formula is C24H32ClN5O5. The van der Waals surface area contributed by atoms with Crippen molar-refractivity contribution in [2.75, 3.05) is 52.6 Å². The third kappa shape index (κ3) is 6.31. The number of aromatic nitrogens is 3. The van der Waals surface area contributed by atoms with Crippen molar-refractivity contribution >= 4 is 23.4 Å². The molecule has 2 aliphatic heterocycles. The average Bonchev–Trinajstić information content (AvgIpc) is 3.16. The standard InChI is InChI=1S/C24H32ClN5O5/c1-17-12-20(4-5-21(17)25)34-16-24(13-22(31)28-6-9-33-10-7-28)15-29(8-11-35-24)23(32)14-30-19(3)26-18(2)27-30/h4-5,12H,6-11,13-16H2,1-3H3/t24-/m1/s1. The maximum atomic E-state index is 13.2. The Morgan fingerprint density at radius 2 is 1.83 bits per heavy atom. The lowest BCUT2D eigenvalue weighted by Crippen LogP contribution is -2.59. The van der Waals surface area contributed by atoms with E-state index in [0.29, 0.717) is 61.9 Å². The van der Waals surface area contributed by atoms with E-state index in [1.807, 2.05) is 19.9 Å². The summed E-state index contributed by atoms with van der Waals surface area (Å²) >= 11 is 6.15. The quantitative estimate of drug-likeness (QED) is 0.565. The van der Waals surface area contributed by atoms with Crippen molar-refractivity contribution in [2.45, 2.75) is 39.3 Å². The van der Waals surface area contributed by atoms with Gasteiger partial charge in [-0.2, -0.15) is 5.10 Å². The van der Waals surface area contributed by atoms with Gasteiger partial charge in [0.05, 0.1) is 32.8 Å². The number of nitrogens with zero attached hydrogens (tertiary/aromatic N) is 5. The minimum atomic E-state index is -0.982. The van der Waals surface area contributed by atoms with E-state index < -0.39 is 5.60 Å². The van der Waals surface area contributed by atoms with E-state index in [9.17, 15) is 9.59 Å². The zero-order valence-corrected chi connectivity index (χ0v) is 21.2. The molecule has 190 valence electrons. The van der Waals surface area contributed by atoms with Crippen molar-refractivity contribution < 1.29 is 23.8 Å². The van der Waals surface area contributed by atoms with Gasteiger partial charge in [0.2, 0.25) is 11.8 Å². The SMILES string of the molecule is Cc1nc(C)n(CC(=O)N2CCO[C@](COc3ccc(Cl)c(C)c3)(CC(=O)N3CCOCC3)C2)n1. The first-order valence-corrected chi connectivity index (χ1v) is 12.2. The van der Waals surface area contributed by atoms with Crippen molar-refractivity contribution in [3.8, 4) is 5.75 Å². The Labute approximate surface area is 210 Å². The van der Waals surface area contributed by atoms with Gasteiger partial charge >= 0.3 is 0 Å². The predicted octanol–water partition coefficient (Wildman–Crippen LogP) is 1.78. The molecule has 11 heteroatoms. The number of carbonyl (C=O) groups is 2. The fourth-order valence-corrected chi connectivity index (χ4v) is 4.48. The van der Waals surface area contributed by atoms with Crippen LogP contribution in [-0.2, 0) is 25.6 Å². The summed E-state index contributed by atoms with van der Waals surface area (Å²) in [5.41, 5.74) is -0.0908. The number of hydrogen-bond acceptors (Lipinski definition) is 7. The lowest BCUT2D eigenvalue weighted by atomic mass is 9.96. The molecule has 0 spiro atoms. The van der Waals surface area contributed by atoms with E-state index in [4.69, 9.17) is 25.8 Å². The molecule has 3 heterocycles. The molecule has 2 aromatic rings. The minimum Gasteiger partial charge on any atom is -0.490 e. The van der Waals surface area contributed by atoms with Crippen LogP contribution in [0.3, 0.4) is 0 Å². The molecule has 0 N–H and O–H groups in total. The Bertz CT molecular complexity index is 1070. The number of morpholine rings is 2. The molecular weight excluding hydrogens is 474 g/mol. The molecule has 35 heavy (non-hydrogen) atoms. The molecule has 1 aromatic heterocycles. The number of amides is 2. The summed E-state index contributed by atoms with van der Waals surface area (Å²) in [7, 11) is 0. The van der Waals surface area contributed by atoms with Crippen LogP contribution < -0.4 is 4.74 Å². The largest absolute Gasteiger partial charge is 0.490 e. The van der Waals surface area contributed by atoms with Gasteiger partial charge in [0.15, 0.2) is 0 Å². The van der Waals surface area contributed by atoms with Gasteiger partial charge in [-0.1, -0.05) is 11.6 Å². The van der Waals surface area contributed by atoms with Crippen LogP contribution in [-0.4, -0.2) is 94.6 Å². The number of carbonyl (C=O) groups excluding carboxylic acids is 2. The van der Waals surface area contributed by atoms with E-state index in [2.05, 4.69) is 10.1 Å². The van der Waals surface area contributed by atoms with Gasteiger partial charge in [-0.05, 0) is 44.5 Å². The Kier molecular flexibility index (Phi) is 7.93. The highest BCUT2D eigenvalue weighted by Crippen LogP contribution is 2.27. The van der Waals surface area contributed by atoms with E-state index in [-0.39, 0.29) is 37.9 Å². The molecule has 10 nitrogen and oxygen atoms in total. The molecule has 0 bridgehead atoms. The van der Waals surface area contributed by atoms with Gasteiger partial charge in [-0.3, -0.25) is 9.59 Å². The third-order valence-corrected chi connectivity index (χ3v) is 6.74. The first-order valence-electron chi connectivity index (χ1n) is 11.8. The Morgan fingerprint density at radius 1 is 1.09 bits per heavy atom. The molecule has 2 amide bonds. The number of benzene rings is 1. The van der Waals surface area contributed by atoms with Crippen molar-refractivity contribution in [3.63, 3.8) is 0 Å². The summed E-state index contributed by atoms with van der Waals surface area (Å²) in [6, 6.07) is 5.41. The van der Waals surface area contributed by atoms with Gasteiger partial charge in [0.1, 0.15) is 36.2 Å². The summed E-state index contributed by atoms with van der Waals surface area (Å²) in [6.45, 7) is 8.80. The number of hydrogen-bond donors (Lipinski definition) is 0. The van der Waals surface area contributed by atoms with Crippen molar-refractivity contribution in [3.05, 3.63) is 40.4 Å². The first kappa shape index (κ1) is 25.4. The lowest BCUT2D eigenvalue weighted by Gasteiger charge is -2.43. The van der Waals surface area contributed by atoms with Gasteiger partial charge < -0.3 is 24.0 Å². The summed E-state index contributed by atoms with van der Waals surface area (Å²) in [5.74, 6) is 1.78. The Balaban J connectivity index is 1.50. The summed E-state index contributed by atoms with van der Waals surface area (Å²) in [6.07, 6.45) is 0.102. The molecule has 2 fully saturated rings. The number of aryl methyl sites for hydroxylation is 3. The fraction of sp³-hybridized carbons (Fsp3) is 0.583. The highest BCUT2D eigenvalue weighted by Gasteiger charge is 2.42. The van der Waals surface area contributed by atoms with Crippen LogP contribution in [0.4, 0.5) is 0 Å². The molecule has 0 unspecified atom stereocenters. The molecule has 1 aromatic carbocycles. The summed E-state index contributed by atoms with van der Waals surface area (Å²) < 4.78 is 19.3. The zero-order chi connectivity index (χ0) is 25.0. The van der Waals surface area contributed by atoms with Crippen LogP contribution in [0.15, 0.2) is 18.2 Å². The second-order valence-corrected chi connectivity index (χ2v) is 9.49. The van der Waals surface area contributed by atoms with Crippen molar-refractivity contribution in [2.24, 2.45) is 0 Å². The van der Waals surface area contributed by atoms with Crippen LogP contribution in [0.5, 0.6) is 5.75 Å². The Hall–Kier alpha value is -2.69. The first-order chi connectivity index (χ1) is 16.7. The maximum Gasteiger partial charge on any atom is 0.244 e. The normalized spacial score (nSPS) is 20.7. The molecule has 4 rings (SSSR count). The second-order valence-electron chi connectivity index (χ2n) is 9.08. The van der Waals surface area contributed by atoms with Gasteiger partial charge in [-0.15, -0.1) is 0 Å². The van der Waals surface area contributed by atoms with E-state index >= 15 is 0 Å². The predicted molar refractivity (Wildman–Crippen MR) is 128 cm³/mol. The smallest absolute Gasteiger partial charge is 0.244 e. The van der Waals surface area contributed by atoms with E-state index in [0.717, 1.165) is 5.56 Å². The van der Waals surface area contributed by atoms with Crippen LogP contribution in [0.1, 0.15) is 23.6 Å². The van der Waals surface area contributed by atoms with Gasteiger partial charge in [0, 0.05) is 24.7 Å². The molecule has 0 aliphatic carbocycles. The number of ether oxygens (including phenoxy) is 3. The highest BCUT2D eigenvalue weighted by molar-refractivity contribution is 6.31. The van der Waals surface area contributed by atoms with Crippen LogP contribution in [0, 0.1) is 20.8 Å². The molecule has 0 radical (unpaired) electrons. The minimum absolute atomic E-state index is 0.0405. The van der Waals surface area contributed by atoms with Crippen LogP contribution in [0.25, 0.3) is 0 Å². The van der Waals surface area contributed by atoms with Crippen molar-refractivity contribution in [1.29, 1.82) is 0 Å². The zero-order valence-electron chi connectivity index (χ0n) is 20.5. The van der Waals surface area contributed by atoms with E-state index in [1.54, 1.807) is 33.5 Å². The summed E-state index contributed by atoms with van der Waals surface area (Å²) in [5, 5.41) is 4.95.